The fourth-order valence-corrected chi connectivity index (χ4v) is 3.33. The molecule has 2 aromatic rings. The van der Waals surface area contributed by atoms with E-state index >= 15 is 0 Å². The molecule has 1 heterocycles. The van der Waals surface area contributed by atoms with Crippen molar-refractivity contribution in [2.75, 3.05) is 16.8 Å². The summed E-state index contributed by atoms with van der Waals surface area (Å²) in [5.74, 6) is -2.95. The second-order valence-electron chi connectivity index (χ2n) is 5.52. The van der Waals surface area contributed by atoms with E-state index in [1.54, 1.807) is 41.3 Å². The quantitative estimate of drug-likeness (QED) is 0.803. The van der Waals surface area contributed by atoms with E-state index in [9.17, 15) is 18.4 Å². The summed E-state index contributed by atoms with van der Waals surface area (Å²) in [6.45, 7) is 0.697. The minimum absolute atomic E-state index is 0.0923. The van der Waals surface area contributed by atoms with Crippen LogP contribution >= 0.6 is 11.8 Å². The molecule has 0 spiro atoms. The van der Waals surface area contributed by atoms with E-state index in [0.29, 0.717) is 30.4 Å². The van der Waals surface area contributed by atoms with Crippen LogP contribution in [0.1, 0.15) is 23.2 Å². The maximum absolute atomic E-state index is 12.6. The first-order valence-electron chi connectivity index (χ1n) is 7.80. The van der Waals surface area contributed by atoms with Crippen LogP contribution in [0.3, 0.4) is 0 Å². The SMILES string of the molecule is O=C(Nc1ccc(N2CCCC2=O)cc1)c1ccccc1SC(F)F. The van der Waals surface area contributed by atoms with Gasteiger partial charge in [-0.3, -0.25) is 9.59 Å². The molecule has 1 aliphatic rings. The number of hydrogen-bond acceptors (Lipinski definition) is 3. The molecule has 0 radical (unpaired) electrons. The number of carbonyl (C=O) groups is 2. The number of carbonyl (C=O) groups excluding carboxylic acids is 2. The highest BCUT2D eigenvalue weighted by molar-refractivity contribution is 7.99. The third-order valence-electron chi connectivity index (χ3n) is 3.86. The Morgan fingerprint density at radius 2 is 1.84 bits per heavy atom. The molecule has 25 heavy (non-hydrogen) atoms. The summed E-state index contributed by atoms with van der Waals surface area (Å²) in [5, 5.41) is 2.70. The van der Waals surface area contributed by atoms with Crippen molar-refractivity contribution in [1.82, 2.24) is 0 Å². The number of rotatable bonds is 5. The van der Waals surface area contributed by atoms with Gasteiger partial charge in [0, 0.05) is 29.2 Å². The summed E-state index contributed by atoms with van der Waals surface area (Å²) in [7, 11) is 0. The third kappa shape index (κ3) is 4.17. The molecule has 0 aromatic heterocycles. The molecule has 4 nitrogen and oxygen atoms in total. The van der Waals surface area contributed by atoms with Gasteiger partial charge >= 0.3 is 0 Å². The summed E-state index contributed by atoms with van der Waals surface area (Å²) in [6, 6.07) is 13.2. The molecular weight excluding hydrogens is 346 g/mol. The molecule has 2 amide bonds. The Morgan fingerprint density at radius 1 is 1.12 bits per heavy atom. The van der Waals surface area contributed by atoms with Gasteiger partial charge in [-0.15, -0.1) is 0 Å². The number of nitrogens with one attached hydrogen (secondary N) is 1. The minimum atomic E-state index is -2.59. The number of amides is 2. The van der Waals surface area contributed by atoms with Crippen molar-refractivity contribution in [1.29, 1.82) is 0 Å². The van der Waals surface area contributed by atoms with Gasteiger partial charge in [0.2, 0.25) is 5.91 Å². The Morgan fingerprint density at radius 3 is 2.48 bits per heavy atom. The highest BCUT2D eigenvalue weighted by atomic mass is 32.2. The molecule has 1 saturated heterocycles. The lowest BCUT2D eigenvalue weighted by Crippen LogP contribution is -2.23. The van der Waals surface area contributed by atoms with Gasteiger partial charge < -0.3 is 10.2 Å². The predicted molar refractivity (Wildman–Crippen MR) is 94.3 cm³/mol. The summed E-state index contributed by atoms with van der Waals surface area (Å²) in [5.41, 5.74) is 1.53. The van der Waals surface area contributed by atoms with Crippen molar-refractivity contribution in [2.45, 2.75) is 23.5 Å². The van der Waals surface area contributed by atoms with E-state index in [1.165, 1.54) is 12.1 Å². The molecule has 0 bridgehead atoms. The predicted octanol–water partition coefficient (Wildman–Crippen LogP) is 4.38. The fourth-order valence-electron chi connectivity index (χ4n) is 2.70. The normalized spacial score (nSPS) is 14.2. The Kier molecular flexibility index (Phi) is 5.33. The highest BCUT2D eigenvalue weighted by Crippen LogP contribution is 2.29. The molecule has 2 aromatic carbocycles. The van der Waals surface area contributed by atoms with Gasteiger partial charge in [-0.2, -0.15) is 8.78 Å². The lowest BCUT2D eigenvalue weighted by molar-refractivity contribution is -0.117. The van der Waals surface area contributed by atoms with Gasteiger partial charge in [-0.05, 0) is 42.8 Å². The zero-order chi connectivity index (χ0) is 17.8. The average molecular weight is 362 g/mol. The number of halogens is 2. The molecule has 0 aliphatic carbocycles. The van der Waals surface area contributed by atoms with Crippen LogP contribution < -0.4 is 10.2 Å². The van der Waals surface area contributed by atoms with Gasteiger partial charge in [0.05, 0.1) is 5.56 Å². The van der Waals surface area contributed by atoms with Crippen molar-refractivity contribution in [3.8, 4) is 0 Å². The molecule has 7 heteroatoms. The van der Waals surface area contributed by atoms with Crippen LogP contribution in [0.25, 0.3) is 0 Å². The van der Waals surface area contributed by atoms with Crippen LogP contribution in [0, 0.1) is 0 Å². The molecule has 1 aliphatic heterocycles. The largest absolute Gasteiger partial charge is 0.322 e. The van der Waals surface area contributed by atoms with E-state index in [2.05, 4.69) is 5.32 Å². The molecule has 1 fully saturated rings. The van der Waals surface area contributed by atoms with Gasteiger partial charge in [0.25, 0.3) is 11.7 Å². The lowest BCUT2D eigenvalue weighted by Gasteiger charge is -2.16. The van der Waals surface area contributed by atoms with Gasteiger partial charge in [-0.1, -0.05) is 23.9 Å². The Bertz CT molecular complexity index is 781. The first kappa shape index (κ1) is 17.4. The molecular formula is C18H16F2N2O2S. The molecule has 0 atom stereocenters. The Hall–Kier alpha value is -2.41. The Labute approximate surface area is 148 Å². The van der Waals surface area contributed by atoms with E-state index < -0.39 is 11.7 Å². The zero-order valence-corrected chi connectivity index (χ0v) is 14.1. The summed E-state index contributed by atoms with van der Waals surface area (Å²) in [4.78, 5) is 26.1. The second kappa shape index (κ2) is 7.65. The molecule has 1 N–H and O–H groups in total. The number of alkyl halides is 2. The first-order chi connectivity index (χ1) is 12.0. The monoisotopic (exact) mass is 362 g/mol. The zero-order valence-electron chi connectivity index (χ0n) is 13.2. The van der Waals surface area contributed by atoms with Crippen molar-refractivity contribution < 1.29 is 18.4 Å². The summed E-state index contributed by atoms with van der Waals surface area (Å²) >= 11 is 0.345. The van der Waals surface area contributed by atoms with Crippen LogP contribution in [0.2, 0.25) is 0 Å². The molecule has 3 rings (SSSR count). The fraction of sp³-hybridized carbons (Fsp3) is 0.222. The maximum atomic E-state index is 12.6. The Balaban J connectivity index is 1.72. The van der Waals surface area contributed by atoms with Crippen LogP contribution in [-0.4, -0.2) is 24.1 Å². The van der Waals surface area contributed by atoms with Crippen LogP contribution in [-0.2, 0) is 4.79 Å². The van der Waals surface area contributed by atoms with E-state index in [0.717, 1.165) is 12.1 Å². The van der Waals surface area contributed by atoms with Crippen LogP contribution in [0.5, 0.6) is 0 Å². The topological polar surface area (TPSA) is 49.4 Å². The van der Waals surface area contributed by atoms with Crippen LogP contribution in [0.4, 0.5) is 20.2 Å². The number of hydrogen-bond donors (Lipinski definition) is 1. The van der Waals surface area contributed by atoms with E-state index in [-0.39, 0.29) is 16.4 Å². The minimum Gasteiger partial charge on any atom is -0.322 e. The summed E-state index contributed by atoms with van der Waals surface area (Å²) in [6.07, 6.45) is 1.40. The van der Waals surface area contributed by atoms with E-state index in [4.69, 9.17) is 0 Å². The smallest absolute Gasteiger partial charge is 0.288 e. The summed E-state index contributed by atoms with van der Waals surface area (Å²) < 4.78 is 25.2. The van der Waals surface area contributed by atoms with Crippen molar-refractivity contribution >= 4 is 35.0 Å². The van der Waals surface area contributed by atoms with Crippen molar-refractivity contribution in [2.24, 2.45) is 0 Å². The lowest BCUT2D eigenvalue weighted by atomic mass is 10.2. The van der Waals surface area contributed by atoms with Gasteiger partial charge in [-0.25, -0.2) is 0 Å². The van der Waals surface area contributed by atoms with Gasteiger partial charge in [0.1, 0.15) is 0 Å². The standard InChI is InChI=1S/C18H16F2N2O2S/c19-18(20)25-15-5-2-1-4-14(15)17(24)21-12-7-9-13(10-8-12)22-11-3-6-16(22)23/h1-2,4-5,7-10,18H,3,6,11H2,(H,21,24). The first-order valence-corrected chi connectivity index (χ1v) is 8.68. The molecule has 0 unspecified atom stereocenters. The highest BCUT2D eigenvalue weighted by Gasteiger charge is 2.21. The van der Waals surface area contributed by atoms with Crippen LogP contribution in [0.15, 0.2) is 53.4 Å². The van der Waals surface area contributed by atoms with E-state index in [1.807, 2.05) is 0 Å². The third-order valence-corrected chi connectivity index (χ3v) is 4.65. The van der Waals surface area contributed by atoms with Gasteiger partial charge in [0.15, 0.2) is 0 Å². The maximum Gasteiger partial charge on any atom is 0.288 e. The van der Waals surface area contributed by atoms with Crippen molar-refractivity contribution in [3.05, 3.63) is 54.1 Å². The number of nitrogens with zero attached hydrogens (tertiary/aromatic N) is 1. The molecule has 0 saturated carbocycles. The van der Waals surface area contributed by atoms with Crippen molar-refractivity contribution in [3.63, 3.8) is 0 Å². The second-order valence-corrected chi connectivity index (χ2v) is 6.56. The average Bonchev–Trinajstić information content (AvgIpc) is 3.01. The number of thioether (sulfide) groups is 1. The number of anilines is 2. The number of benzene rings is 2. The molecule has 130 valence electrons.